The first kappa shape index (κ1) is 36.9. The first-order valence-electron chi connectivity index (χ1n) is 21.3. The molecule has 4 heteroatoms. The van der Waals surface area contributed by atoms with E-state index >= 15 is 0 Å². The highest BCUT2D eigenvalue weighted by molar-refractivity contribution is 7.26. The molecule has 1 atom stereocenters. The summed E-state index contributed by atoms with van der Waals surface area (Å²) in [6, 6.07) is 79.9. The molecule has 0 saturated heterocycles. The zero-order valence-electron chi connectivity index (χ0n) is 34.2. The quantitative estimate of drug-likeness (QED) is 0.143. The van der Waals surface area contributed by atoms with Gasteiger partial charge in [0.05, 0.1) is 15.9 Å². The molecule has 0 amide bonds. The van der Waals surface area contributed by atoms with Crippen LogP contribution in [0.3, 0.4) is 0 Å². The van der Waals surface area contributed by atoms with Gasteiger partial charge in [0.1, 0.15) is 11.2 Å². The normalized spacial score (nSPS) is 12.1. The standard InChI is InChI=1S/C59H38N2OS/c1-4-15-39(16-5-1)46-21-10-11-22-48(46)54(41-17-6-2-7-18-41)42-31-27-38(28-32-42)45-35-36-49-52(37-45)62-51-25-14-24-47(55(49)51)40-29-33-44(34-30-40)59-60-56(43-19-8-3-9-20-43)58-57(61-59)50-23-12-13-26-53(50)63-58/h1-37,54H. The fraction of sp³-hybridized carbons (Fsp3) is 0.0169. The molecule has 1 unspecified atom stereocenters. The molecule has 0 aliphatic heterocycles. The number of nitrogens with zero attached hydrogens (tertiary/aromatic N) is 2. The summed E-state index contributed by atoms with van der Waals surface area (Å²) in [5.41, 5.74) is 16.5. The summed E-state index contributed by atoms with van der Waals surface area (Å²) in [6.45, 7) is 0. The van der Waals surface area contributed by atoms with E-state index < -0.39 is 0 Å². The molecule has 12 rings (SSSR count). The Labute approximate surface area is 369 Å². The molecule has 3 heterocycles. The van der Waals surface area contributed by atoms with E-state index in [9.17, 15) is 0 Å². The Hall–Kier alpha value is -7.92. The first-order chi connectivity index (χ1) is 31.2. The molecule has 0 fully saturated rings. The van der Waals surface area contributed by atoms with Gasteiger partial charge >= 0.3 is 0 Å². The van der Waals surface area contributed by atoms with E-state index in [0.29, 0.717) is 0 Å². The van der Waals surface area contributed by atoms with Crippen LogP contribution >= 0.6 is 11.3 Å². The predicted molar refractivity (Wildman–Crippen MR) is 263 cm³/mol. The van der Waals surface area contributed by atoms with Crippen molar-refractivity contribution in [2.45, 2.75) is 5.92 Å². The summed E-state index contributed by atoms with van der Waals surface area (Å²) in [4.78, 5) is 10.4. The van der Waals surface area contributed by atoms with Gasteiger partial charge in [0.2, 0.25) is 0 Å². The fourth-order valence-corrected chi connectivity index (χ4v) is 10.4. The zero-order chi connectivity index (χ0) is 41.7. The highest BCUT2D eigenvalue weighted by Crippen LogP contribution is 2.43. The largest absolute Gasteiger partial charge is 0.456 e. The monoisotopic (exact) mass is 822 g/mol. The van der Waals surface area contributed by atoms with Crippen LogP contribution in [0.1, 0.15) is 22.6 Å². The number of aromatic nitrogens is 2. The van der Waals surface area contributed by atoms with Crippen LogP contribution in [0.4, 0.5) is 0 Å². The van der Waals surface area contributed by atoms with Crippen molar-refractivity contribution in [2.24, 2.45) is 0 Å². The lowest BCUT2D eigenvalue weighted by molar-refractivity contribution is 0.669. The molecule has 12 aromatic rings. The van der Waals surface area contributed by atoms with Crippen LogP contribution in [-0.4, -0.2) is 9.97 Å². The third kappa shape index (κ3) is 6.60. The van der Waals surface area contributed by atoms with E-state index in [1.807, 2.05) is 6.07 Å². The van der Waals surface area contributed by atoms with Gasteiger partial charge in [0.15, 0.2) is 5.82 Å². The summed E-state index contributed by atoms with van der Waals surface area (Å²) >= 11 is 1.75. The van der Waals surface area contributed by atoms with Crippen molar-refractivity contribution in [3.8, 4) is 56.0 Å². The van der Waals surface area contributed by atoms with Crippen LogP contribution in [0.2, 0.25) is 0 Å². The molecule has 0 saturated carbocycles. The van der Waals surface area contributed by atoms with Gasteiger partial charge in [-0.05, 0) is 74.3 Å². The molecule has 0 aliphatic rings. The van der Waals surface area contributed by atoms with Gasteiger partial charge in [0.25, 0.3) is 0 Å². The van der Waals surface area contributed by atoms with Gasteiger partial charge in [-0.15, -0.1) is 11.3 Å². The van der Waals surface area contributed by atoms with E-state index in [0.717, 1.165) is 82.4 Å². The third-order valence-electron chi connectivity index (χ3n) is 12.3. The van der Waals surface area contributed by atoms with Crippen LogP contribution in [0.5, 0.6) is 0 Å². The molecular weight excluding hydrogens is 785 g/mol. The Balaban J connectivity index is 0.884. The summed E-state index contributed by atoms with van der Waals surface area (Å²) in [7, 11) is 0. The number of thiophene rings is 1. The SMILES string of the molecule is c1ccc(-c2ccccc2C(c2ccccc2)c2ccc(-c3ccc4c(c3)oc3cccc(-c5ccc(-c6nc(-c7ccccc7)c7sc8ccccc8c7n6)cc5)c34)cc2)cc1. The second kappa shape index (κ2) is 15.5. The van der Waals surface area contributed by atoms with Gasteiger partial charge < -0.3 is 4.42 Å². The van der Waals surface area contributed by atoms with E-state index in [-0.39, 0.29) is 5.92 Å². The second-order valence-corrected chi connectivity index (χ2v) is 17.1. The van der Waals surface area contributed by atoms with Crippen LogP contribution < -0.4 is 0 Å². The van der Waals surface area contributed by atoms with Gasteiger partial charge in [-0.3, -0.25) is 0 Å². The van der Waals surface area contributed by atoms with Crippen molar-refractivity contribution in [3.63, 3.8) is 0 Å². The van der Waals surface area contributed by atoms with Crippen LogP contribution in [0, 0.1) is 0 Å². The molecule has 9 aromatic carbocycles. The molecular formula is C59H38N2OS. The molecule has 296 valence electrons. The Bertz CT molecular complexity index is 3590. The van der Waals surface area contributed by atoms with Gasteiger partial charge in [-0.25, -0.2) is 9.97 Å². The number of benzene rings is 9. The lowest BCUT2D eigenvalue weighted by Gasteiger charge is -2.22. The van der Waals surface area contributed by atoms with E-state index in [2.05, 4.69) is 218 Å². The van der Waals surface area contributed by atoms with E-state index in [1.165, 1.54) is 32.5 Å². The summed E-state index contributed by atoms with van der Waals surface area (Å²) in [5.74, 6) is 0.794. The Kier molecular flexibility index (Phi) is 9.09. The van der Waals surface area contributed by atoms with Crippen molar-refractivity contribution in [1.29, 1.82) is 0 Å². The first-order valence-corrected chi connectivity index (χ1v) is 22.2. The number of hydrogen-bond acceptors (Lipinski definition) is 4. The third-order valence-corrected chi connectivity index (χ3v) is 13.5. The number of fused-ring (bicyclic) bond motifs is 6. The lowest BCUT2D eigenvalue weighted by atomic mass is 9.81. The fourth-order valence-electron chi connectivity index (χ4n) is 9.25. The van der Waals surface area contributed by atoms with E-state index in [1.54, 1.807) is 11.3 Å². The van der Waals surface area contributed by atoms with Gasteiger partial charge in [0, 0.05) is 37.9 Å². The highest BCUT2D eigenvalue weighted by Gasteiger charge is 2.22. The number of furan rings is 1. The minimum absolute atomic E-state index is 0.0753. The summed E-state index contributed by atoms with van der Waals surface area (Å²) in [5, 5.41) is 3.36. The molecule has 0 bridgehead atoms. The molecule has 0 N–H and O–H groups in total. The summed E-state index contributed by atoms with van der Waals surface area (Å²) in [6.07, 6.45) is 0. The average molecular weight is 823 g/mol. The molecule has 0 spiro atoms. The molecule has 63 heavy (non-hydrogen) atoms. The van der Waals surface area contributed by atoms with Gasteiger partial charge in [-0.2, -0.15) is 0 Å². The molecule has 3 aromatic heterocycles. The second-order valence-electron chi connectivity index (χ2n) is 16.0. The maximum Gasteiger partial charge on any atom is 0.160 e. The lowest BCUT2D eigenvalue weighted by Crippen LogP contribution is -2.05. The minimum atomic E-state index is 0.0753. The molecule has 0 radical (unpaired) electrons. The maximum atomic E-state index is 6.61. The van der Waals surface area contributed by atoms with Crippen LogP contribution in [0.15, 0.2) is 229 Å². The van der Waals surface area contributed by atoms with Crippen molar-refractivity contribution in [3.05, 3.63) is 241 Å². The molecule has 3 nitrogen and oxygen atoms in total. The Morgan fingerprint density at radius 3 is 1.79 bits per heavy atom. The van der Waals surface area contributed by atoms with Crippen molar-refractivity contribution >= 4 is 53.6 Å². The van der Waals surface area contributed by atoms with E-state index in [4.69, 9.17) is 14.4 Å². The predicted octanol–water partition coefficient (Wildman–Crippen LogP) is 16.3. The smallest absolute Gasteiger partial charge is 0.160 e. The van der Waals surface area contributed by atoms with Crippen molar-refractivity contribution < 1.29 is 4.42 Å². The van der Waals surface area contributed by atoms with Crippen LogP contribution in [-0.2, 0) is 0 Å². The van der Waals surface area contributed by atoms with Crippen molar-refractivity contribution in [2.75, 3.05) is 0 Å². The maximum absolute atomic E-state index is 6.61. The topological polar surface area (TPSA) is 38.9 Å². The summed E-state index contributed by atoms with van der Waals surface area (Å²) < 4.78 is 8.93. The highest BCUT2D eigenvalue weighted by atomic mass is 32.1. The number of hydrogen-bond donors (Lipinski definition) is 0. The Morgan fingerprint density at radius 1 is 0.397 bits per heavy atom. The van der Waals surface area contributed by atoms with Crippen molar-refractivity contribution in [1.82, 2.24) is 9.97 Å². The minimum Gasteiger partial charge on any atom is -0.456 e. The number of rotatable bonds is 8. The van der Waals surface area contributed by atoms with Gasteiger partial charge in [-0.1, -0.05) is 200 Å². The average Bonchev–Trinajstić information content (AvgIpc) is 3.93. The Morgan fingerprint density at radius 2 is 1.00 bits per heavy atom. The molecule has 0 aliphatic carbocycles. The van der Waals surface area contributed by atoms with Crippen LogP contribution in [0.25, 0.3) is 98.3 Å². The zero-order valence-corrected chi connectivity index (χ0v) is 35.0.